The van der Waals surface area contributed by atoms with Crippen LogP contribution in [0.5, 0.6) is 0 Å². The summed E-state index contributed by atoms with van der Waals surface area (Å²) in [5.41, 5.74) is 3.18. The molecular weight excluding hydrogens is 443 g/mol. The maximum absolute atomic E-state index is 13.7. The molecule has 2 amide bonds. The number of nitrogens with zero attached hydrogens (tertiary/aromatic N) is 3. The van der Waals surface area contributed by atoms with Crippen molar-refractivity contribution in [3.63, 3.8) is 0 Å². The maximum Gasteiger partial charge on any atom is 0.275 e. The Labute approximate surface area is 203 Å². The van der Waals surface area contributed by atoms with E-state index in [4.69, 9.17) is 0 Å². The quantitative estimate of drug-likeness (QED) is 0.386. The first-order valence-corrected chi connectivity index (χ1v) is 11.3. The lowest BCUT2D eigenvalue weighted by atomic mass is 10.00. The molecule has 7 heteroatoms. The lowest BCUT2D eigenvalue weighted by molar-refractivity contribution is -0.121. The molecule has 35 heavy (non-hydrogen) atoms. The minimum Gasteiger partial charge on any atom is -0.324 e. The third-order valence-electron chi connectivity index (χ3n) is 5.61. The molecule has 0 radical (unpaired) electrons. The largest absolute Gasteiger partial charge is 0.324 e. The number of carbonyl (C=O) groups is 2. The van der Waals surface area contributed by atoms with Crippen molar-refractivity contribution in [2.24, 2.45) is 0 Å². The Balaban J connectivity index is 1.77. The van der Waals surface area contributed by atoms with Crippen molar-refractivity contribution in [1.29, 1.82) is 0 Å². The normalized spacial score (nSPS) is 11.5. The highest BCUT2D eigenvalue weighted by Gasteiger charge is 2.33. The van der Waals surface area contributed by atoms with E-state index in [2.05, 4.69) is 15.3 Å². The Kier molecular flexibility index (Phi) is 7.57. The number of amides is 2. The number of anilines is 1. The summed E-state index contributed by atoms with van der Waals surface area (Å²) < 4.78 is 13.4. The summed E-state index contributed by atoms with van der Waals surface area (Å²) in [4.78, 5) is 37.0. The summed E-state index contributed by atoms with van der Waals surface area (Å²) >= 11 is 0. The molecule has 0 bridgehead atoms. The minimum absolute atomic E-state index is 0.133. The van der Waals surface area contributed by atoms with E-state index in [9.17, 15) is 14.0 Å². The number of hydrogen-bond acceptors (Lipinski definition) is 4. The van der Waals surface area contributed by atoms with Gasteiger partial charge in [0.1, 0.15) is 17.6 Å². The van der Waals surface area contributed by atoms with Crippen LogP contribution in [-0.2, 0) is 17.8 Å². The van der Waals surface area contributed by atoms with Crippen LogP contribution in [0.1, 0.15) is 40.1 Å². The number of halogens is 1. The van der Waals surface area contributed by atoms with E-state index in [-0.39, 0.29) is 12.2 Å². The molecule has 4 rings (SSSR count). The average molecular weight is 469 g/mol. The fourth-order valence-electron chi connectivity index (χ4n) is 3.77. The molecule has 0 fully saturated rings. The van der Waals surface area contributed by atoms with Crippen molar-refractivity contribution in [2.45, 2.75) is 25.9 Å². The molecule has 6 nitrogen and oxygen atoms in total. The van der Waals surface area contributed by atoms with Crippen molar-refractivity contribution in [3.8, 4) is 0 Å². The SMILES string of the molecule is CCc1ccc(C(C(=O)Nc2ccc(F)cc2)N(Cc2ccccc2)C(=O)c2cnccn2)cc1. The molecule has 1 N–H and O–H groups in total. The summed E-state index contributed by atoms with van der Waals surface area (Å²) in [7, 11) is 0. The molecule has 0 aliphatic carbocycles. The van der Waals surface area contributed by atoms with Gasteiger partial charge in [0, 0.05) is 24.6 Å². The second-order valence-electron chi connectivity index (χ2n) is 8.00. The van der Waals surface area contributed by atoms with Gasteiger partial charge in [0.2, 0.25) is 0 Å². The van der Waals surface area contributed by atoms with Gasteiger partial charge in [-0.3, -0.25) is 14.6 Å². The van der Waals surface area contributed by atoms with Crippen LogP contribution < -0.4 is 5.32 Å². The van der Waals surface area contributed by atoms with E-state index in [0.29, 0.717) is 11.3 Å². The van der Waals surface area contributed by atoms with Gasteiger partial charge in [-0.15, -0.1) is 0 Å². The van der Waals surface area contributed by atoms with Crippen LogP contribution in [-0.4, -0.2) is 26.7 Å². The number of nitrogens with one attached hydrogen (secondary N) is 1. The topological polar surface area (TPSA) is 75.2 Å². The zero-order valence-electron chi connectivity index (χ0n) is 19.3. The number of aryl methyl sites for hydroxylation is 1. The highest BCUT2D eigenvalue weighted by molar-refractivity contribution is 6.00. The van der Waals surface area contributed by atoms with Crippen LogP contribution in [0.2, 0.25) is 0 Å². The van der Waals surface area contributed by atoms with Crippen LogP contribution >= 0.6 is 0 Å². The van der Waals surface area contributed by atoms with Gasteiger partial charge in [0.25, 0.3) is 11.8 Å². The van der Waals surface area contributed by atoms with Gasteiger partial charge in [0.15, 0.2) is 0 Å². The number of aromatic nitrogens is 2. The Hall–Kier alpha value is -4.39. The summed E-state index contributed by atoms with van der Waals surface area (Å²) in [6.07, 6.45) is 5.16. The summed E-state index contributed by atoms with van der Waals surface area (Å²) in [6.45, 7) is 2.22. The fraction of sp³-hybridized carbons (Fsp3) is 0.143. The van der Waals surface area contributed by atoms with Crippen molar-refractivity contribution >= 4 is 17.5 Å². The van der Waals surface area contributed by atoms with E-state index >= 15 is 0 Å². The predicted octanol–water partition coefficient (Wildman–Crippen LogP) is 5.20. The second kappa shape index (κ2) is 11.2. The van der Waals surface area contributed by atoms with Gasteiger partial charge < -0.3 is 10.2 Å². The summed E-state index contributed by atoms with van der Waals surface area (Å²) in [5, 5.41) is 2.83. The lowest BCUT2D eigenvalue weighted by Gasteiger charge is -2.31. The predicted molar refractivity (Wildman–Crippen MR) is 132 cm³/mol. The number of hydrogen-bond donors (Lipinski definition) is 1. The van der Waals surface area contributed by atoms with E-state index in [1.165, 1.54) is 47.8 Å². The molecule has 4 aromatic rings. The van der Waals surface area contributed by atoms with Gasteiger partial charge in [0.05, 0.1) is 6.20 Å². The molecule has 1 unspecified atom stereocenters. The first kappa shape index (κ1) is 23.8. The van der Waals surface area contributed by atoms with Crippen LogP contribution in [0.3, 0.4) is 0 Å². The van der Waals surface area contributed by atoms with Crippen LogP contribution in [0, 0.1) is 5.82 Å². The number of rotatable bonds is 8. The van der Waals surface area contributed by atoms with Crippen LogP contribution in [0.4, 0.5) is 10.1 Å². The molecule has 1 heterocycles. The Morgan fingerprint density at radius 3 is 2.26 bits per heavy atom. The van der Waals surface area contributed by atoms with E-state index < -0.39 is 23.7 Å². The van der Waals surface area contributed by atoms with Gasteiger partial charge in [-0.2, -0.15) is 0 Å². The number of benzene rings is 3. The first-order valence-electron chi connectivity index (χ1n) is 11.3. The van der Waals surface area contributed by atoms with Crippen molar-refractivity contribution in [2.75, 3.05) is 5.32 Å². The van der Waals surface area contributed by atoms with Gasteiger partial charge in [-0.05, 0) is 47.4 Å². The second-order valence-corrected chi connectivity index (χ2v) is 8.00. The smallest absolute Gasteiger partial charge is 0.275 e. The molecule has 0 aliphatic rings. The zero-order valence-corrected chi connectivity index (χ0v) is 19.3. The molecule has 0 aliphatic heterocycles. The molecule has 1 aromatic heterocycles. The van der Waals surface area contributed by atoms with E-state index in [0.717, 1.165) is 17.5 Å². The molecule has 176 valence electrons. The summed E-state index contributed by atoms with van der Waals surface area (Å²) in [5.74, 6) is -1.26. The Morgan fingerprint density at radius 2 is 1.63 bits per heavy atom. The minimum atomic E-state index is -0.972. The third kappa shape index (κ3) is 5.95. The van der Waals surface area contributed by atoms with Crippen molar-refractivity contribution in [3.05, 3.63) is 126 Å². The average Bonchev–Trinajstić information content (AvgIpc) is 2.90. The molecule has 0 saturated heterocycles. The monoisotopic (exact) mass is 468 g/mol. The van der Waals surface area contributed by atoms with Crippen LogP contribution in [0.15, 0.2) is 97.5 Å². The van der Waals surface area contributed by atoms with Gasteiger partial charge in [-0.25, -0.2) is 9.37 Å². The molecule has 1 atom stereocenters. The van der Waals surface area contributed by atoms with Crippen LogP contribution in [0.25, 0.3) is 0 Å². The summed E-state index contributed by atoms with van der Waals surface area (Å²) in [6, 6.07) is 21.6. The molecule has 0 saturated carbocycles. The van der Waals surface area contributed by atoms with Gasteiger partial charge in [-0.1, -0.05) is 61.5 Å². The molecular formula is C28H25FN4O2. The van der Waals surface area contributed by atoms with E-state index in [1.807, 2.05) is 61.5 Å². The van der Waals surface area contributed by atoms with Crippen molar-refractivity contribution in [1.82, 2.24) is 14.9 Å². The third-order valence-corrected chi connectivity index (χ3v) is 5.61. The standard InChI is InChI=1S/C28H25FN4O2/c1-2-20-8-10-22(11-9-20)26(27(34)32-24-14-12-23(29)13-15-24)33(19-21-6-4-3-5-7-21)28(35)25-18-30-16-17-31-25/h3-18,26H,2,19H2,1H3,(H,32,34). The van der Waals surface area contributed by atoms with E-state index in [1.54, 1.807) is 0 Å². The first-order chi connectivity index (χ1) is 17.0. The lowest BCUT2D eigenvalue weighted by Crippen LogP contribution is -2.41. The Morgan fingerprint density at radius 1 is 0.914 bits per heavy atom. The van der Waals surface area contributed by atoms with Gasteiger partial charge >= 0.3 is 0 Å². The zero-order chi connectivity index (χ0) is 24.6. The molecule has 3 aromatic carbocycles. The Bertz CT molecular complexity index is 1260. The number of carbonyl (C=O) groups excluding carboxylic acids is 2. The fourth-order valence-corrected chi connectivity index (χ4v) is 3.77. The highest BCUT2D eigenvalue weighted by Crippen LogP contribution is 2.27. The maximum atomic E-state index is 13.7. The van der Waals surface area contributed by atoms with Crippen molar-refractivity contribution < 1.29 is 14.0 Å². The highest BCUT2D eigenvalue weighted by atomic mass is 19.1. The molecule has 0 spiro atoms.